The Bertz CT molecular complexity index is 549. The van der Waals surface area contributed by atoms with E-state index in [0.29, 0.717) is 13.0 Å². The lowest BCUT2D eigenvalue weighted by atomic mass is 10.00. The van der Waals surface area contributed by atoms with E-state index in [0.717, 1.165) is 24.4 Å². The van der Waals surface area contributed by atoms with Crippen LogP contribution in [-0.4, -0.2) is 55.3 Å². The number of para-hydroxylation sites is 1. The van der Waals surface area contributed by atoms with Crippen LogP contribution in [0.4, 0.5) is 0 Å². The number of hydrogen-bond acceptors (Lipinski definition) is 4. The van der Waals surface area contributed by atoms with E-state index < -0.39 is 0 Å². The number of nitrogens with one attached hydrogen (secondary N) is 1. The summed E-state index contributed by atoms with van der Waals surface area (Å²) in [5, 5.41) is 3.07. The minimum absolute atomic E-state index is 0.0157. The molecule has 0 spiro atoms. The quantitative estimate of drug-likeness (QED) is 0.867. The van der Waals surface area contributed by atoms with Gasteiger partial charge in [0, 0.05) is 30.7 Å². The molecule has 24 heavy (non-hydrogen) atoms. The molecule has 1 aliphatic heterocycles. The predicted octanol–water partition coefficient (Wildman–Crippen LogP) is 2.24. The van der Waals surface area contributed by atoms with E-state index in [-0.39, 0.29) is 23.7 Å². The molecule has 0 bridgehead atoms. The second-order valence-corrected chi connectivity index (χ2v) is 7.24. The Morgan fingerprint density at radius 1 is 1.29 bits per heavy atom. The summed E-state index contributed by atoms with van der Waals surface area (Å²) in [5.74, 6) is 0.768. The third-order valence-corrected chi connectivity index (χ3v) is 4.54. The number of nitrogens with zero attached hydrogens (tertiary/aromatic N) is 1. The molecule has 0 saturated carbocycles. The minimum Gasteiger partial charge on any atom is -0.496 e. The van der Waals surface area contributed by atoms with Gasteiger partial charge in [-0.05, 0) is 33.8 Å². The van der Waals surface area contributed by atoms with Crippen molar-refractivity contribution in [1.29, 1.82) is 0 Å². The van der Waals surface area contributed by atoms with Gasteiger partial charge < -0.3 is 14.8 Å². The third-order valence-electron chi connectivity index (χ3n) is 4.54. The molecule has 0 radical (unpaired) electrons. The summed E-state index contributed by atoms with van der Waals surface area (Å²) in [7, 11) is 1.63. The van der Waals surface area contributed by atoms with Gasteiger partial charge >= 0.3 is 0 Å². The molecule has 134 valence electrons. The summed E-state index contributed by atoms with van der Waals surface area (Å²) >= 11 is 0. The van der Waals surface area contributed by atoms with E-state index in [1.54, 1.807) is 7.11 Å². The molecule has 0 aromatic heterocycles. The summed E-state index contributed by atoms with van der Waals surface area (Å²) in [4.78, 5) is 14.7. The molecule has 1 saturated heterocycles. The normalized spacial score (nSPS) is 22.2. The highest BCUT2D eigenvalue weighted by molar-refractivity contribution is 5.79. The molecule has 5 heteroatoms. The molecule has 2 atom stereocenters. The average molecular weight is 334 g/mol. The second kappa shape index (κ2) is 7.99. The van der Waals surface area contributed by atoms with Crippen LogP contribution in [0.25, 0.3) is 0 Å². The molecule has 0 unspecified atom stereocenters. The Labute approximate surface area is 145 Å². The molecule has 5 nitrogen and oxygen atoms in total. The van der Waals surface area contributed by atoms with Gasteiger partial charge in [0.15, 0.2) is 0 Å². The van der Waals surface area contributed by atoms with Crippen LogP contribution < -0.4 is 10.1 Å². The number of hydrogen-bond donors (Lipinski definition) is 1. The molecule has 1 amide bonds. The van der Waals surface area contributed by atoms with Crippen molar-refractivity contribution in [2.24, 2.45) is 0 Å². The molecule has 1 N–H and O–H groups in total. The first-order chi connectivity index (χ1) is 11.3. The zero-order valence-electron chi connectivity index (χ0n) is 15.5. The summed E-state index contributed by atoms with van der Waals surface area (Å²) in [6.45, 7) is 10.9. The average Bonchev–Trinajstić information content (AvgIpc) is 2.53. The van der Waals surface area contributed by atoms with Crippen LogP contribution in [-0.2, 0) is 16.0 Å². The minimum atomic E-state index is -0.108. The number of rotatable bonds is 6. The van der Waals surface area contributed by atoms with Crippen molar-refractivity contribution in [2.75, 3.05) is 26.7 Å². The van der Waals surface area contributed by atoms with Crippen molar-refractivity contribution in [3.8, 4) is 5.75 Å². The lowest BCUT2D eigenvalue weighted by molar-refractivity contribution is -0.122. The van der Waals surface area contributed by atoms with Crippen molar-refractivity contribution >= 4 is 5.91 Å². The van der Waals surface area contributed by atoms with E-state index in [1.807, 2.05) is 24.3 Å². The van der Waals surface area contributed by atoms with Crippen LogP contribution in [0.3, 0.4) is 0 Å². The highest BCUT2D eigenvalue weighted by Crippen LogP contribution is 2.21. The fourth-order valence-corrected chi connectivity index (χ4v) is 3.18. The van der Waals surface area contributed by atoms with Gasteiger partial charge in [-0.2, -0.15) is 0 Å². The Balaban J connectivity index is 1.90. The van der Waals surface area contributed by atoms with Crippen molar-refractivity contribution in [1.82, 2.24) is 10.2 Å². The molecule has 1 aromatic carbocycles. The summed E-state index contributed by atoms with van der Waals surface area (Å²) in [5.41, 5.74) is 0.798. The largest absolute Gasteiger partial charge is 0.496 e. The van der Waals surface area contributed by atoms with Crippen LogP contribution in [0, 0.1) is 0 Å². The van der Waals surface area contributed by atoms with E-state index in [9.17, 15) is 4.79 Å². The van der Waals surface area contributed by atoms with E-state index in [4.69, 9.17) is 9.47 Å². The van der Waals surface area contributed by atoms with Gasteiger partial charge in [0.05, 0.1) is 25.7 Å². The Kier molecular flexibility index (Phi) is 6.24. The van der Waals surface area contributed by atoms with Gasteiger partial charge in [-0.3, -0.25) is 9.69 Å². The zero-order valence-corrected chi connectivity index (χ0v) is 15.5. The fourth-order valence-electron chi connectivity index (χ4n) is 3.18. The zero-order chi connectivity index (χ0) is 17.7. The van der Waals surface area contributed by atoms with Crippen molar-refractivity contribution in [2.45, 2.75) is 51.9 Å². The smallest absolute Gasteiger partial charge is 0.224 e. The Hall–Kier alpha value is -1.59. The van der Waals surface area contributed by atoms with Crippen LogP contribution in [0.2, 0.25) is 0 Å². The number of carbonyl (C=O) groups is 1. The molecule has 2 rings (SSSR count). The second-order valence-electron chi connectivity index (χ2n) is 7.24. The van der Waals surface area contributed by atoms with Crippen LogP contribution in [0.5, 0.6) is 5.75 Å². The molecule has 1 heterocycles. The molecular formula is C19H30N2O3. The van der Waals surface area contributed by atoms with E-state index in [2.05, 4.69) is 37.9 Å². The maximum absolute atomic E-state index is 12.3. The number of carbonyl (C=O) groups excluding carboxylic acids is 1. The molecular weight excluding hydrogens is 304 g/mol. The van der Waals surface area contributed by atoms with Crippen LogP contribution >= 0.6 is 0 Å². The third kappa shape index (κ3) is 4.95. The summed E-state index contributed by atoms with van der Waals surface area (Å²) in [6, 6.07) is 7.63. The predicted molar refractivity (Wildman–Crippen MR) is 95.4 cm³/mol. The number of morpholine rings is 1. The Morgan fingerprint density at radius 2 is 1.92 bits per heavy atom. The number of amides is 1. The maximum atomic E-state index is 12.3. The summed E-state index contributed by atoms with van der Waals surface area (Å²) in [6.07, 6.45) is 0.769. The van der Waals surface area contributed by atoms with Crippen molar-refractivity contribution in [3.05, 3.63) is 29.8 Å². The van der Waals surface area contributed by atoms with Crippen LogP contribution in [0.15, 0.2) is 24.3 Å². The van der Waals surface area contributed by atoms with Crippen molar-refractivity contribution < 1.29 is 14.3 Å². The standard InChI is InChI=1S/C19H30N2O3/c1-14-11-21(12-15(2)24-14)19(3,4)13-20-18(22)10-16-8-6-7-9-17(16)23-5/h6-9,14-15H,10-13H2,1-5H3,(H,20,22)/t14-,15-/m1/s1. The van der Waals surface area contributed by atoms with E-state index in [1.165, 1.54) is 0 Å². The lowest BCUT2D eigenvalue weighted by Gasteiger charge is -2.45. The van der Waals surface area contributed by atoms with Gasteiger partial charge in [-0.25, -0.2) is 0 Å². The number of ether oxygens (including phenoxy) is 2. The fraction of sp³-hybridized carbons (Fsp3) is 0.632. The first-order valence-corrected chi connectivity index (χ1v) is 8.61. The van der Waals surface area contributed by atoms with Gasteiger partial charge in [0.25, 0.3) is 0 Å². The molecule has 1 aromatic rings. The van der Waals surface area contributed by atoms with Gasteiger partial charge in [-0.15, -0.1) is 0 Å². The topological polar surface area (TPSA) is 50.8 Å². The van der Waals surface area contributed by atoms with Crippen molar-refractivity contribution in [3.63, 3.8) is 0 Å². The van der Waals surface area contributed by atoms with Gasteiger partial charge in [-0.1, -0.05) is 18.2 Å². The first kappa shape index (κ1) is 18.7. The molecule has 0 aliphatic carbocycles. The van der Waals surface area contributed by atoms with Crippen LogP contribution in [0.1, 0.15) is 33.3 Å². The van der Waals surface area contributed by atoms with Gasteiger partial charge in [0.1, 0.15) is 5.75 Å². The summed E-state index contributed by atoms with van der Waals surface area (Å²) < 4.78 is 11.1. The highest BCUT2D eigenvalue weighted by atomic mass is 16.5. The monoisotopic (exact) mass is 334 g/mol. The van der Waals surface area contributed by atoms with Gasteiger partial charge in [0.2, 0.25) is 5.91 Å². The molecule has 1 fully saturated rings. The molecule has 1 aliphatic rings. The first-order valence-electron chi connectivity index (χ1n) is 8.61. The maximum Gasteiger partial charge on any atom is 0.224 e. The Morgan fingerprint density at radius 3 is 2.54 bits per heavy atom. The highest BCUT2D eigenvalue weighted by Gasteiger charge is 2.33. The lowest BCUT2D eigenvalue weighted by Crippen LogP contribution is -2.58. The SMILES string of the molecule is COc1ccccc1CC(=O)NCC(C)(C)N1C[C@@H](C)O[C@H](C)C1. The van der Waals surface area contributed by atoms with E-state index >= 15 is 0 Å². The number of methoxy groups -OCH3 is 1. The number of benzene rings is 1.